The van der Waals surface area contributed by atoms with Crippen LogP contribution in [0.4, 0.5) is 0 Å². The summed E-state index contributed by atoms with van der Waals surface area (Å²) in [5.74, 6) is -1.14. The summed E-state index contributed by atoms with van der Waals surface area (Å²) >= 11 is 0. The first kappa shape index (κ1) is 19.2. The number of rotatable bonds is 10. The van der Waals surface area contributed by atoms with Crippen molar-refractivity contribution in [3.8, 4) is 0 Å². The molecule has 1 atom stereocenters. The lowest BCUT2D eigenvalue weighted by Crippen LogP contribution is -2.41. The predicted octanol–water partition coefficient (Wildman–Crippen LogP) is -0.00310. The van der Waals surface area contributed by atoms with Gasteiger partial charge in [-0.2, -0.15) is 8.42 Å². The molecule has 0 rings (SSSR count). The second-order valence-corrected chi connectivity index (χ2v) is 6.99. The highest BCUT2D eigenvalue weighted by atomic mass is 33.1. The van der Waals surface area contributed by atoms with Gasteiger partial charge in [0.05, 0.1) is 19.6 Å². The van der Waals surface area contributed by atoms with Crippen LogP contribution in [0.1, 0.15) is 20.3 Å². The number of esters is 2. The SMILES string of the molecule is CCOC(=O)CC(NCCSS(=O)(=O)O)C(=O)OCC. The number of hydrogen-bond acceptors (Lipinski definition) is 8. The number of nitrogens with one attached hydrogen (secondary N) is 1. The number of carbonyl (C=O) groups is 2. The molecular formula is C10H19NO7S2. The number of hydrogen-bond donors (Lipinski definition) is 2. The zero-order chi connectivity index (χ0) is 15.6. The Morgan fingerprint density at radius 3 is 2.35 bits per heavy atom. The smallest absolute Gasteiger partial charge is 0.323 e. The third-order valence-corrected chi connectivity index (χ3v) is 4.03. The Morgan fingerprint density at radius 1 is 1.25 bits per heavy atom. The van der Waals surface area contributed by atoms with Crippen LogP contribution in [0.25, 0.3) is 0 Å². The standard InChI is InChI=1S/C10H19NO7S2/c1-3-17-9(12)7-8(10(13)18-4-2)11-5-6-19-20(14,15)16/h8,11H,3-7H2,1-2H3,(H,14,15,16). The minimum atomic E-state index is -4.12. The fraction of sp³-hybridized carbons (Fsp3) is 0.800. The Hall–Kier alpha value is -0.840. The minimum Gasteiger partial charge on any atom is -0.466 e. The van der Waals surface area contributed by atoms with E-state index in [0.717, 1.165) is 0 Å². The third-order valence-electron chi connectivity index (χ3n) is 1.97. The summed E-state index contributed by atoms with van der Waals surface area (Å²) in [5.41, 5.74) is 0. The van der Waals surface area contributed by atoms with Crippen LogP contribution < -0.4 is 5.32 Å². The molecule has 20 heavy (non-hydrogen) atoms. The molecule has 0 aliphatic heterocycles. The summed E-state index contributed by atoms with van der Waals surface area (Å²) in [6, 6.07) is -0.906. The van der Waals surface area contributed by atoms with E-state index >= 15 is 0 Å². The molecule has 0 aromatic rings. The molecule has 10 heteroatoms. The van der Waals surface area contributed by atoms with Crippen LogP contribution in [0, 0.1) is 0 Å². The van der Waals surface area contributed by atoms with Gasteiger partial charge in [0.1, 0.15) is 6.04 Å². The normalized spacial score (nSPS) is 12.8. The monoisotopic (exact) mass is 329 g/mol. The Morgan fingerprint density at radius 2 is 1.85 bits per heavy atom. The van der Waals surface area contributed by atoms with Crippen molar-refractivity contribution in [1.82, 2.24) is 5.32 Å². The molecule has 0 amide bonds. The van der Waals surface area contributed by atoms with Crippen LogP contribution in [0.5, 0.6) is 0 Å². The Bertz CT molecular complexity index is 410. The van der Waals surface area contributed by atoms with Crippen LogP contribution in [-0.2, 0) is 28.2 Å². The van der Waals surface area contributed by atoms with Gasteiger partial charge < -0.3 is 14.8 Å². The van der Waals surface area contributed by atoms with Crippen LogP contribution in [-0.4, -0.2) is 56.5 Å². The topological polar surface area (TPSA) is 119 Å². The van der Waals surface area contributed by atoms with Crippen molar-refractivity contribution in [3.63, 3.8) is 0 Å². The van der Waals surface area contributed by atoms with Crippen molar-refractivity contribution >= 4 is 31.9 Å². The van der Waals surface area contributed by atoms with Crippen molar-refractivity contribution in [2.45, 2.75) is 26.3 Å². The summed E-state index contributed by atoms with van der Waals surface area (Å²) < 4.78 is 39.1. The van der Waals surface area contributed by atoms with Crippen molar-refractivity contribution in [1.29, 1.82) is 0 Å². The van der Waals surface area contributed by atoms with Gasteiger partial charge in [0, 0.05) is 12.3 Å². The Labute approximate surface area is 121 Å². The zero-order valence-electron chi connectivity index (χ0n) is 11.3. The van der Waals surface area contributed by atoms with Gasteiger partial charge in [-0.1, -0.05) is 0 Å². The molecule has 0 aliphatic rings. The summed E-state index contributed by atoms with van der Waals surface area (Å²) in [6.45, 7) is 3.75. The fourth-order valence-corrected chi connectivity index (χ4v) is 2.54. The summed E-state index contributed by atoms with van der Waals surface area (Å²) in [5, 5.41) is 2.69. The van der Waals surface area contributed by atoms with E-state index in [0.29, 0.717) is 10.8 Å². The number of carbonyl (C=O) groups excluding carboxylic acids is 2. The van der Waals surface area contributed by atoms with Crippen LogP contribution in [0.3, 0.4) is 0 Å². The highest BCUT2D eigenvalue weighted by Gasteiger charge is 2.23. The molecule has 0 radical (unpaired) electrons. The van der Waals surface area contributed by atoms with Gasteiger partial charge >= 0.3 is 21.1 Å². The van der Waals surface area contributed by atoms with E-state index < -0.39 is 27.1 Å². The van der Waals surface area contributed by atoms with Gasteiger partial charge in [-0.15, -0.1) is 0 Å². The van der Waals surface area contributed by atoms with Gasteiger partial charge in [0.25, 0.3) is 0 Å². The quantitative estimate of drug-likeness (QED) is 0.247. The van der Waals surface area contributed by atoms with E-state index in [4.69, 9.17) is 14.0 Å². The largest absolute Gasteiger partial charge is 0.466 e. The third kappa shape index (κ3) is 10.0. The molecule has 0 saturated carbocycles. The molecule has 0 aromatic carbocycles. The molecule has 0 bridgehead atoms. The zero-order valence-corrected chi connectivity index (χ0v) is 13.0. The van der Waals surface area contributed by atoms with Crippen LogP contribution >= 0.6 is 10.8 Å². The maximum absolute atomic E-state index is 11.6. The first-order chi connectivity index (χ1) is 9.30. The maximum Gasteiger partial charge on any atom is 0.323 e. The summed E-state index contributed by atoms with van der Waals surface area (Å²) in [6.07, 6.45) is -0.205. The minimum absolute atomic E-state index is 0.0254. The Kier molecular flexibility index (Phi) is 9.55. The molecule has 8 nitrogen and oxygen atoms in total. The van der Waals surface area contributed by atoms with E-state index in [9.17, 15) is 18.0 Å². The summed E-state index contributed by atoms with van der Waals surface area (Å²) in [7, 11) is -3.79. The van der Waals surface area contributed by atoms with Crippen LogP contribution in [0.2, 0.25) is 0 Å². The molecular weight excluding hydrogens is 310 g/mol. The highest BCUT2D eigenvalue weighted by molar-refractivity contribution is 8.69. The van der Waals surface area contributed by atoms with Crippen LogP contribution in [0.15, 0.2) is 0 Å². The van der Waals surface area contributed by atoms with Crippen molar-refractivity contribution in [2.75, 3.05) is 25.5 Å². The second-order valence-electron chi connectivity index (χ2n) is 3.52. The van der Waals surface area contributed by atoms with Gasteiger partial charge in [0.2, 0.25) is 0 Å². The molecule has 0 aliphatic carbocycles. The van der Waals surface area contributed by atoms with E-state index in [1.54, 1.807) is 13.8 Å². The number of ether oxygens (including phenoxy) is 2. The molecule has 1 unspecified atom stereocenters. The van der Waals surface area contributed by atoms with Crippen molar-refractivity contribution in [3.05, 3.63) is 0 Å². The van der Waals surface area contributed by atoms with E-state index in [2.05, 4.69) is 5.32 Å². The molecule has 0 spiro atoms. The molecule has 2 N–H and O–H groups in total. The first-order valence-corrected chi connectivity index (χ1v) is 8.91. The average molecular weight is 329 g/mol. The van der Waals surface area contributed by atoms with E-state index in [1.165, 1.54) is 0 Å². The predicted molar refractivity (Wildman–Crippen MR) is 73.7 cm³/mol. The maximum atomic E-state index is 11.6. The first-order valence-electron chi connectivity index (χ1n) is 5.97. The lowest BCUT2D eigenvalue weighted by Gasteiger charge is -2.16. The van der Waals surface area contributed by atoms with Gasteiger partial charge in [-0.3, -0.25) is 14.1 Å². The molecule has 118 valence electrons. The Balaban J connectivity index is 4.31. The average Bonchev–Trinajstić information content (AvgIpc) is 2.32. The van der Waals surface area contributed by atoms with Crippen molar-refractivity contribution < 1.29 is 32.0 Å². The highest BCUT2D eigenvalue weighted by Crippen LogP contribution is 2.08. The van der Waals surface area contributed by atoms with E-state index in [1.807, 2.05) is 0 Å². The second kappa shape index (κ2) is 9.97. The van der Waals surface area contributed by atoms with Gasteiger partial charge in [-0.05, 0) is 24.6 Å². The molecule has 0 aromatic heterocycles. The van der Waals surface area contributed by atoms with Crippen molar-refractivity contribution in [2.24, 2.45) is 0 Å². The molecule has 0 fully saturated rings. The van der Waals surface area contributed by atoms with Gasteiger partial charge in [-0.25, -0.2) is 0 Å². The molecule has 0 heterocycles. The van der Waals surface area contributed by atoms with E-state index in [-0.39, 0.29) is 31.9 Å². The molecule has 0 saturated heterocycles. The lowest BCUT2D eigenvalue weighted by molar-refractivity contribution is -0.152. The summed E-state index contributed by atoms with van der Waals surface area (Å²) in [4.78, 5) is 23.0. The van der Waals surface area contributed by atoms with Gasteiger partial charge in [0.15, 0.2) is 0 Å². The fourth-order valence-electron chi connectivity index (χ4n) is 1.25. The lowest BCUT2D eigenvalue weighted by atomic mass is 10.2.